The molecule has 1 aromatic rings. The number of nitrogens with two attached hydrogens (primary N) is 1. The summed E-state index contributed by atoms with van der Waals surface area (Å²) in [7, 11) is 0. The van der Waals surface area contributed by atoms with Crippen LogP contribution < -0.4 is 16.6 Å². The normalized spacial score (nSPS) is 18.3. The van der Waals surface area contributed by atoms with E-state index in [0.717, 1.165) is 25.7 Å². The van der Waals surface area contributed by atoms with Crippen molar-refractivity contribution in [2.75, 3.05) is 6.54 Å². The zero-order valence-corrected chi connectivity index (χ0v) is 13.7. The van der Waals surface area contributed by atoms with Gasteiger partial charge in [0.2, 0.25) is 0 Å². The molecule has 5 N–H and O–H groups in total. The van der Waals surface area contributed by atoms with Crippen molar-refractivity contribution < 1.29 is 9.90 Å². The SMILES string of the molecule is NC(CC1CCCCC1)C(O)C(=O)NNCCc1ccccc1. The molecule has 0 bridgehead atoms. The summed E-state index contributed by atoms with van der Waals surface area (Å²) in [6.07, 6.45) is 6.47. The number of hydrazine groups is 1. The van der Waals surface area contributed by atoms with Gasteiger partial charge in [0, 0.05) is 12.6 Å². The van der Waals surface area contributed by atoms with Crippen molar-refractivity contribution in [2.24, 2.45) is 11.7 Å². The van der Waals surface area contributed by atoms with E-state index in [1.165, 1.54) is 24.8 Å². The van der Waals surface area contributed by atoms with Gasteiger partial charge in [0.1, 0.15) is 6.10 Å². The first-order chi connectivity index (χ1) is 11.2. The molecule has 2 atom stereocenters. The number of amides is 1. The summed E-state index contributed by atoms with van der Waals surface area (Å²) >= 11 is 0. The molecule has 128 valence electrons. The van der Waals surface area contributed by atoms with Crippen LogP contribution in [0.4, 0.5) is 0 Å². The van der Waals surface area contributed by atoms with Crippen LogP contribution in [-0.2, 0) is 11.2 Å². The summed E-state index contributed by atoms with van der Waals surface area (Å²) in [5.74, 6) is 0.105. The van der Waals surface area contributed by atoms with Crippen LogP contribution in [0.15, 0.2) is 30.3 Å². The maximum atomic E-state index is 11.9. The second-order valence-corrected chi connectivity index (χ2v) is 6.50. The predicted molar refractivity (Wildman–Crippen MR) is 91.5 cm³/mol. The minimum absolute atomic E-state index is 0.443. The van der Waals surface area contributed by atoms with E-state index < -0.39 is 18.1 Å². The summed E-state index contributed by atoms with van der Waals surface area (Å²) in [4.78, 5) is 11.9. The van der Waals surface area contributed by atoms with Crippen molar-refractivity contribution in [3.8, 4) is 0 Å². The number of hydrogen-bond donors (Lipinski definition) is 4. The lowest BCUT2D eigenvalue weighted by Crippen LogP contribution is -2.51. The van der Waals surface area contributed by atoms with E-state index in [0.29, 0.717) is 12.5 Å². The van der Waals surface area contributed by atoms with Crippen LogP contribution in [0.2, 0.25) is 0 Å². The average Bonchev–Trinajstić information content (AvgIpc) is 2.59. The summed E-state index contributed by atoms with van der Waals surface area (Å²) in [5.41, 5.74) is 12.6. The summed E-state index contributed by atoms with van der Waals surface area (Å²) in [6, 6.07) is 9.54. The summed E-state index contributed by atoms with van der Waals surface area (Å²) < 4.78 is 0. The first-order valence-corrected chi connectivity index (χ1v) is 8.67. The molecule has 1 amide bonds. The van der Waals surface area contributed by atoms with Crippen LogP contribution >= 0.6 is 0 Å². The van der Waals surface area contributed by atoms with Crippen LogP contribution in [-0.4, -0.2) is 29.7 Å². The lowest BCUT2D eigenvalue weighted by atomic mass is 9.84. The van der Waals surface area contributed by atoms with Gasteiger partial charge in [-0.05, 0) is 24.3 Å². The van der Waals surface area contributed by atoms with E-state index in [-0.39, 0.29) is 0 Å². The number of hydrogen-bond acceptors (Lipinski definition) is 4. The molecule has 1 aliphatic rings. The molecular weight excluding hydrogens is 290 g/mol. The maximum Gasteiger partial charge on any atom is 0.264 e. The van der Waals surface area contributed by atoms with Crippen molar-refractivity contribution in [1.82, 2.24) is 10.9 Å². The Morgan fingerprint density at radius 3 is 2.61 bits per heavy atom. The minimum atomic E-state index is -1.15. The highest BCUT2D eigenvalue weighted by molar-refractivity contribution is 5.80. The number of aliphatic hydroxyl groups excluding tert-OH is 1. The zero-order chi connectivity index (χ0) is 16.5. The van der Waals surface area contributed by atoms with Crippen molar-refractivity contribution in [1.29, 1.82) is 0 Å². The molecule has 1 aliphatic carbocycles. The van der Waals surface area contributed by atoms with Crippen molar-refractivity contribution >= 4 is 5.91 Å². The van der Waals surface area contributed by atoms with Gasteiger partial charge in [-0.3, -0.25) is 10.2 Å². The third kappa shape index (κ3) is 6.29. The molecule has 5 heteroatoms. The van der Waals surface area contributed by atoms with Crippen LogP contribution in [0.3, 0.4) is 0 Å². The highest BCUT2D eigenvalue weighted by Crippen LogP contribution is 2.27. The lowest BCUT2D eigenvalue weighted by Gasteiger charge is -2.26. The van der Waals surface area contributed by atoms with Crippen LogP contribution in [0, 0.1) is 5.92 Å². The van der Waals surface area contributed by atoms with Crippen molar-refractivity contribution in [3.05, 3.63) is 35.9 Å². The molecule has 1 saturated carbocycles. The Kier molecular flexibility index (Phi) is 7.52. The predicted octanol–water partition coefficient (Wildman–Crippen LogP) is 1.51. The van der Waals surface area contributed by atoms with E-state index >= 15 is 0 Å². The summed E-state index contributed by atoms with van der Waals surface area (Å²) in [6.45, 7) is 0.611. The average molecular weight is 319 g/mol. The maximum absolute atomic E-state index is 11.9. The second-order valence-electron chi connectivity index (χ2n) is 6.50. The Hall–Kier alpha value is -1.43. The van der Waals surface area contributed by atoms with Crippen molar-refractivity contribution in [2.45, 2.75) is 57.1 Å². The minimum Gasteiger partial charge on any atom is -0.382 e. The molecule has 2 rings (SSSR count). The monoisotopic (exact) mass is 319 g/mol. The Morgan fingerprint density at radius 1 is 1.22 bits per heavy atom. The number of benzene rings is 1. The van der Waals surface area contributed by atoms with Gasteiger partial charge in [-0.1, -0.05) is 62.4 Å². The number of nitrogens with one attached hydrogen (secondary N) is 2. The van der Waals surface area contributed by atoms with Crippen LogP contribution in [0.25, 0.3) is 0 Å². The van der Waals surface area contributed by atoms with Gasteiger partial charge in [-0.15, -0.1) is 0 Å². The van der Waals surface area contributed by atoms with Gasteiger partial charge < -0.3 is 10.8 Å². The largest absolute Gasteiger partial charge is 0.382 e. The number of aliphatic hydroxyl groups is 1. The molecule has 2 unspecified atom stereocenters. The third-order valence-corrected chi connectivity index (χ3v) is 4.60. The molecule has 1 fully saturated rings. The Bertz CT molecular complexity index is 461. The van der Waals surface area contributed by atoms with E-state index in [1.54, 1.807) is 0 Å². The molecule has 0 spiro atoms. The fraction of sp³-hybridized carbons (Fsp3) is 0.611. The molecule has 5 nitrogen and oxygen atoms in total. The fourth-order valence-corrected chi connectivity index (χ4v) is 3.21. The first-order valence-electron chi connectivity index (χ1n) is 8.67. The molecule has 1 aromatic carbocycles. The quantitative estimate of drug-likeness (QED) is 0.432. The van der Waals surface area contributed by atoms with E-state index in [1.807, 2.05) is 30.3 Å². The number of carbonyl (C=O) groups is 1. The topological polar surface area (TPSA) is 87.4 Å². The van der Waals surface area contributed by atoms with Gasteiger partial charge in [0.05, 0.1) is 0 Å². The Morgan fingerprint density at radius 2 is 1.91 bits per heavy atom. The lowest BCUT2D eigenvalue weighted by molar-refractivity contribution is -0.131. The molecular formula is C18H29N3O2. The molecule has 0 heterocycles. The fourth-order valence-electron chi connectivity index (χ4n) is 3.21. The third-order valence-electron chi connectivity index (χ3n) is 4.60. The van der Waals surface area contributed by atoms with Crippen LogP contribution in [0.5, 0.6) is 0 Å². The standard InChI is InChI=1S/C18H29N3O2/c19-16(13-15-9-5-2-6-10-15)17(22)18(23)21-20-12-11-14-7-3-1-4-8-14/h1,3-4,7-8,15-17,20,22H,2,5-6,9-13,19H2,(H,21,23). The van der Waals surface area contributed by atoms with Gasteiger partial charge in [0.25, 0.3) is 5.91 Å². The number of rotatable bonds is 8. The highest BCUT2D eigenvalue weighted by Gasteiger charge is 2.26. The molecule has 23 heavy (non-hydrogen) atoms. The Balaban J connectivity index is 1.63. The molecule has 0 radical (unpaired) electrons. The second kappa shape index (κ2) is 9.65. The zero-order valence-electron chi connectivity index (χ0n) is 13.7. The number of carbonyl (C=O) groups excluding carboxylic acids is 1. The highest BCUT2D eigenvalue weighted by atomic mass is 16.3. The first kappa shape index (κ1) is 17.9. The van der Waals surface area contributed by atoms with Crippen molar-refractivity contribution in [3.63, 3.8) is 0 Å². The van der Waals surface area contributed by atoms with Gasteiger partial charge in [-0.2, -0.15) is 0 Å². The van der Waals surface area contributed by atoms with E-state index in [2.05, 4.69) is 10.9 Å². The Labute approximate surface area is 138 Å². The van der Waals surface area contributed by atoms with Gasteiger partial charge >= 0.3 is 0 Å². The van der Waals surface area contributed by atoms with Crippen LogP contribution in [0.1, 0.15) is 44.1 Å². The van der Waals surface area contributed by atoms with E-state index in [9.17, 15) is 9.90 Å². The smallest absolute Gasteiger partial charge is 0.264 e. The molecule has 0 saturated heterocycles. The molecule has 0 aromatic heterocycles. The van der Waals surface area contributed by atoms with E-state index in [4.69, 9.17) is 5.73 Å². The van der Waals surface area contributed by atoms with Gasteiger partial charge in [0.15, 0.2) is 0 Å². The van der Waals surface area contributed by atoms with Gasteiger partial charge in [-0.25, -0.2) is 5.43 Å². The molecule has 0 aliphatic heterocycles. The summed E-state index contributed by atoms with van der Waals surface area (Å²) in [5, 5.41) is 10.1.